The number of carboxylic acids is 1. The largest absolute Gasteiger partial charge is 0.481 e. The summed E-state index contributed by atoms with van der Waals surface area (Å²) < 4.78 is 0. The first-order valence-corrected chi connectivity index (χ1v) is 4.76. The molecule has 0 radical (unpaired) electrons. The molecule has 0 saturated heterocycles. The Morgan fingerprint density at radius 2 is 1.83 bits per heavy atom. The van der Waals surface area contributed by atoms with Gasteiger partial charge in [0, 0.05) is 11.8 Å². The lowest BCUT2D eigenvalue weighted by Gasteiger charge is -2.07. The van der Waals surface area contributed by atoms with E-state index in [1.54, 1.807) is 0 Å². The summed E-state index contributed by atoms with van der Waals surface area (Å²) >= 11 is 3.33. The zero-order valence-electron chi connectivity index (χ0n) is 7.75. The number of halogens is 1. The minimum Gasteiger partial charge on any atom is -0.481 e. The molecule has 0 heterocycles. The second-order valence-electron chi connectivity index (χ2n) is 2.93. The van der Waals surface area contributed by atoms with Gasteiger partial charge in [0.05, 0.1) is 6.61 Å². The summed E-state index contributed by atoms with van der Waals surface area (Å²) in [5.74, 6) is -0.161. The molecule has 0 fully saturated rings. The number of aliphatic hydroxyl groups excluding tert-OH is 1. The van der Waals surface area contributed by atoms with Crippen molar-refractivity contribution in [2.45, 2.75) is 32.0 Å². The Morgan fingerprint density at radius 1 is 1.50 bits per heavy atom. The summed E-state index contributed by atoms with van der Waals surface area (Å²) in [5, 5.41) is 16.0. The Hall–Kier alpha value is -0.0900. The normalized spacial score (nSPS) is 11.8. The number of aliphatic carboxylic acids is 1. The Kier molecular flexibility index (Phi) is 10.8. The minimum absolute atomic E-state index is 0.248. The molecule has 0 bridgehead atoms. The fraction of sp³-hybridized carbons (Fsp3) is 0.875. The highest BCUT2D eigenvalue weighted by Gasteiger charge is 2.03. The van der Waals surface area contributed by atoms with Crippen LogP contribution in [0.5, 0.6) is 0 Å². The number of alkyl halides is 1. The number of carboxylic acid groups (broad SMARTS) is 1. The van der Waals surface area contributed by atoms with E-state index in [2.05, 4.69) is 29.8 Å². The molecule has 2 N–H and O–H groups in total. The van der Waals surface area contributed by atoms with Gasteiger partial charge in [0.2, 0.25) is 0 Å². The van der Waals surface area contributed by atoms with Gasteiger partial charge in [-0.2, -0.15) is 0 Å². The lowest BCUT2D eigenvalue weighted by atomic mass is 10.1. The van der Waals surface area contributed by atoms with Crippen molar-refractivity contribution in [2.24, 2.45) is 5.92 Å². The van der Waals surface area contributed by atoms with Gasteiger partial charge in [-0.05, 0) is 12.3 Å². The smallest absolute Gasteiger partial charge is 0.300 e. The summed E-state index contributed by atoms with van der Waals surface area (Å²) in [6, 6.07) is 0. The highest BCUT2D eigenvalue weighted by atomic mass is 79.9. The average Bonchev–Trinajstić information content (AvgIpc) is 1.84. The Bertz CT molecular complexity index is 111. The van der Waals surface area contributed by atoms with Crippen LogP contribution in [0.4, 0.5) is 0 Å². The van der Waals surface area contributed by atoms with Crippen LogP contribution in [0.1, 0.15) is 27.2 Å². The van der Waals surface area contributed by atoms with Crippen molar-refractivity contribution in [2.75, 3.05) is 6.61 Å². The van der Waals surface area contributed by atoms with Gasteiger partial charge in [0.15, 0.2) is 0 Å². The summed E-state index contributed by atoms with van der Waals surface area (Å²) in [4.78, 5) is 9.29. The standard InChI is InChI=1S/C6H13BrO.C2H4O2/c1-5(2)3-6(7)4-8;1-2(3)4/h5-6,8H,3-4H2,1-2H3;1H3,(H,3,4)/t6-;/m1./s1. The number of rotatable bonds is 3. The fourth-order valence-electron chi connectivity index (χ4n) is 0.586. The molecule has 74 valence electrons. The second-order valence-corrected chi connectivity index (χ2v) is 4.22. The lowest BCUT2D eigenvalue weighted by molar-refractivity contribution is -0.134. The van der Waals surface area contributed by atoms with Gasteiger partial charge < -0.3 is 10.2 Å². The first-order valence-electron chi connectivity index (χ1n) is 3.84. The number of hydrogen-bond donors (Lipinski definition) is 2. The summed E-state index contributed by atoms with van der Waals surface area (Å²) in [6.45, 7) is 5.62. The zero-order valence-corrected chi connectivity index (χ0v) is 9.34. The van der Waals surface area contributed by atoms with Crippen molar-refractivity contribution in [1.82, 2.24) is 0 Å². The molecule has 0 spiro atoms. The first-order chi connectivity index (χ1) is 5.40. The monoisotopic (exact) mass is 240 g/mol. The van der Waals surface area contributed by atoms with Gasteiger partial charge in [0.1, 0.15) is 0 Å². The van der Waals surface area contributed by atoms with Crippen molar-refractivity contribution < 1.29 is 15.0 Å². The number of carbonyl (C=O) groups is 1. The van der Waals surface area contributed by atoms with Gasteiger partial charge in [-0.1, -0.05) is 29.8 Å². The fourth-order valence-corrected chi connectivity index (χ4v) is 1.33. The lowest BCUT2D eigenvalue weighted by Crippen LogP contribution is -2.06. The Morgan fingerprint density at radius 3 is 1.92 bits per heavy atom. The van der Waals surface area contributed by atoms with Crippen molar-refractivity contribution in [1.29, 1.82) is 0 Å². The molecule has 1 atom stereocenters. The molecule has 4 heteroatoms. The van der Waals surface area contributed by atoms with E-state index in [1.165, 1.54) is 0 Å². The SMILES string of the molecule is CC(=O)O.CC(C)C[C@@H](Br)CO. The Balaban J connectivity index is 0. The predicted molar refractivity (Wildman–Crippen MR) is 52.6 cm³/mol. The number of aliphatic hydroxyl groups is 1. The van der Waals surface area contributed by atoms with Crippen LogP contribution >= 0.6 is 15.9 Å². The molecule has 12 heavy (non-hydrogen) atoms. The molecule has 0 aliphatic rings. The van der Waals surface area contributed by atoms with E-state index in [9.17, 15) is 0 Å². The van der Waals surface area contributed by atoms with Crippen molar-refractivity contribution >= 4 is 21.9 Å². The third kappa shape index (κ3) is 22.5. The predicted octanol–water partition coefficient (Wildman–Crippen LogP) is 1.88. The van der Waals surface area contributed by atoms with Crippen LogP contribution in [0.25, 0.3) is 0 Å². The van der Waals surface area contributed by atoms with Crippen LogP contribution in [0.3, 0.4) is 0 Å². The van der Waals surface area contributed by atoms with Gasteiger partial charge in [-0.15, -0.1) is 0 Å². The van der Waals surface area contributed by atoms with E-state index in [-0.39, 0.29) is 6.61 Å². The van der Waals surface area contributed by atoms with E-state index in [0.717, 1.165) is 13.3 Å². The maximum atomic E-state index is 9.00. The van der Waals surface area contributed by atoms with E-state index >= 15 is 0 Å². The molecule has 0 unspecified atom stereocenters. The molecule has 0 aliphatic heterocycles. The third-order valence-electron chi connectivity index (χ3n) is 0.925. The van der Waals surface area contributed by atoms with Crippen LogP contribution in [0, 0.1) is 5.92 Å². The van der Waals surface area contributed by atoms with Crippen LogP contribution in [0.2, 0.25) is 0 Å². The molecule has 0 saturated carbocycles. The zero-order chi connectivity index (χ0) is 10.1. The van der Waals surface area contributed by atoms with E-state index in [4.69, 9.17) is 15.0 Å². The molecule has 0 aromatic rings. The average molecular weight is 241 g/mol. The third-order valence-corrected chi connectivity index (χ3v) is 1.59. The number of hydrogen-bond acceptors (Lipinski definition) is 2. The van der Waals surface area contributed by atoms with E-state index < -0.39 is 5.97 Å². The van der Waals surface area contributed by atoms with Crippen LogP contribution in [-0.4, -0.2) is 27.6 Å². The summed E-state index contributed by atoms with van der Waals surface area (Å²) in [6.07, 6.45) is 1.05. The maximum absolute atomic E-state index is 9.00. The van der Waals surface area contributed by atoms with Crippen LogP contribution in [-0.2, 0) is 4.79 Å². The van der Waals surface area contributed by atoms with Crippen LogP contribution in [0.15, 0.2) is 0 Å². The highest BCUT2D eigenvalue weighted by molar-refractivity contribution is 9.09. The van der Waals surface area contributed by atoms with Crippen molar-refractivity contribution in [3.8, 4) is 0 Å². The van der Waals surface area contributed by atoms with Gasteiger partial charge in [0.25, 0.3) is 5.97 Å². The first kappa shape index (κ1) is 14.4. The molecule has 0 rings (SSSR count). The van der Waals surface area contributed by atoms with E-state index in [1.807, 2.05) is 0 Å². The molecule has 0 amide bonds. The highest BCUT2D eigenvalue weighted by Crippen LogP contribution is 2.10. The van der Waals surface area contributed by atoms with Crippen LogP contribution < -0.4 is 0 Å². The summed E-state index contributed by atoms with van der Waals surface area (Å²) in [7, 11) is 0. The minimum atomic E-state index is -0.833. The molecule has 0 aromatic carbocycles. The van der Waals surface area contributed by atoms with Gasteiger partial charge >= 0.3 is 0 Å². The maximum Gasteiger partial charge on any atom is 0.300 e. The molecular weight excluding hydrogens is 224 g/mol. The van der Waals surface area contributed by atoms with Gasteiger partial charge in [-0.25, -0.2) is 0 Å². The van der Waals surface area contributed by atoms with Gasteiger partial charge in [-0.3, -0.25) is 4.79 Å². The molecule has 0 aliphatic carbocycles. The van der Waals surface area contributed by atoms with Crippen molar-refractivity contribution in [3.05, 3.63) is 0 Å². The Labute approximate surface area is 81.9 Å². The topological polar surface area (TPSA) is 57.5 Å². The summed E-state index contributed by atoms with van der Waals surface area (Å²) in [5.41, 5.74) is 0. The van der Waals surface area contributed by atoms with Crippen molar-refractivity contribution in [3.63, 3.8) is 0 Å². The second kappa shape index (κ2) is 9.00. The van der Waals surface area contributed by atoms with E-state index in [0.29, 0.717) is 10.7 Å². The molecule has 3 nitrogen and oxygen atoms in total. The molecular formula is C8H17BrO3. The molecule has 0 aromatic heterocycles. The quantitative estimate of drug-likeness (QED) is 0.741.